The van der Waals surface area contributed by atoms with E-state index < -0.39 is 0 Å². The third-order valence-electron chi connectivity index (χ3n) is 6.09. The van der Waals surface area contributed by atoms with Crippen LogP contribution in [0.4, 0.5) is 0 Å². The number of carbonyl (C=O) groups is 2. The van der Waals surface area contributed by atoms with Gasteiger partial charge in [-0.2, -0.15) is 0 Å². The molecule has 2 fully saturated rings. The standard InChI is InChI=1S/C22H34N4O2/c1-24(2)19-10-14-25(15-11-19)16-12-23-22(28)20-9-6-13-26(20)21(27)17-18-7-4-3-5-8-18/h3-5,7-8,19-20H,6,9-17H2,1-2H3,(H,23,28). The highest BCUT2D eigenvalue weighted by atomic mass is 16.2. The molecule has 2 aliphatic heterocycles. The number of nitrogens with one attached hydrogen (secondary N) is 1. The van der Waals surface area contributed by atoms with Crippen molar-refractivity contribution >= 4 is 11.8 Å². The number of hydrogen-bond donors (Lipinski definition) is 1. The molecule has 1 atom stereocenters. The highest BCUT2D eigenvalue weighted by Gasteiger charge is 2.33. The molecule has 6 nitrogen and oxygen atoms in total. The second kappa shape index (κ2) is 10.0. The summed E-state index contributed by atoms with van der Waals surface area (Å²) in [6.45, 7) is 4.40. The number of carbonyl (C=O) groups excluding carboxylic acids is 2. The average Bonchev–Trinajstić information content (AvgIpc) is 3.19. The van der Waals surface area contributed by atoms with Gasteiger partial charge in [0.15, 0.2) is 0 Å². The molecule has 1 N–H and O–H groups in total. The Labute approximate surface area is 168 Å². The molecular formula is C22H34N4O2. The van der Waals surface area contributed by atoms with Gasteiger partial charge in [0.05, 0.1) is 6.42 Å². The van der Waals surface area contributed by atoms with Crippen LogP contribution in [0.15, 0.2) is 30.3 Å². The van der Waals surface area contributed by atoms with Gasteiger partial charge in [0, 0.05) is 25.7 Å². The van der Waals surface area contributed by atoms with Crippen LogP contribution >= 0.6 is 0 Å². The van der Waals surface area contributed by atoms with E-state index in [9.17, 15) is 9.59 Å². The lowest BCUT2D eigenvalue weighted by Gasteiger charge is -2.35. The van der Waals surface area contributed by atoms with Gasteiger partial charge in [0.25, 0.3) is 0 Å². The van der Waals surface area contributed by atoms with E-state index in [0.717, 1.165) is 38.0 Å². The first-order valence-electron chi connectivity index (χ1n) is 10.5. The summed E-state index contributed by atoms with van der Waals surface area (Å²) in [4.78, 5) is 31.8. The number of rotatable bonds is 7. The molecule has 2 amide bonds. The van der Waals surface area contributed by atoms with Crippen LogP contribution in [-0.4, -0.2) is 85.4 Å². The number of hydrogen-bond acceptors (Lipinski definition) is 4. The van der Waals surface area contributed by atoms with Crippen LogP contribution in [0.5, 0.6) is 0 Å². The summed E-state index contributed by atoms with van der Waals surface area (Å²) in [7, 11) is 4.29. The van der Waals surface area contributed by atoms with E-state index in [1.165, 1.54) is 12.8 Å². The van der Waals surface area contributed by atoms with E-state index in [-0.39, 0.29) is 17.9 Å². The first-order chi connectivity index (χ1) is 13.5. The molecule has 6 heteroatoms. The summed E-state index contributed by atoms with van der Waals surface area (Å²) < 4.78 is 0. The third-order valence-corrected chi connectivity index (χ3v) is 6.09. The quantitative estimate of drug-likeness (QED) is 0.769. The maximum absolute atomic E-state index is 12.7. The van der Waals surface area contributed by atoms with Crippen LogP contribution in [0.3, 0.4) is 0 Å². The van der Waals surface area contributed by atoms with Gasteiger partial charge in [-0.15, -0.1) is 0 Å². The maximum atomic E-state index is 12.7. The zero-order valence-electron chi connectivity index (χ0n) is 17.3. The molecule has 0 saturated carbocycles. The van der Waals surface area contributed by atoms with Crippen LogP contribution in [0.2, 0.25) is 0 Å². The minimum Gasteiger partial charge on any atom is -0.353 e. The Kier molecular flexibility index (Phi) is 7.45. The van der Waals surface area contributed by atoms with Crippen molar-refractivity contribution in [2.45, 2.75) is 44.2 Å². The fourth-order valence-corrected chi connectivity index (χ4v) is 4.32. The van der Waals surface area contributed by atoms with Crippen molar-refractivity contribution in [3.63, 3.8) is 0 Å². The maximum Gasteiger partial charge on any atom is 0.242 e. The molecule has 0 aliphatic carbocycles. The number of amides is 2. The monoisotopic (exact) mass is 386 g/mol. The lowest BCUT2D eigenvalue weighted by Crippen LogP contribution is -2.49. The van der Waals surface area contributed by atoms with Crippen molar-refractivity contribution in [2.24, 2.45) is 0 Å². The molecule has 1 unspecified atom stereocenters. The van der Waals surface area contributed by atoms with Gasteiger partial charge < -0.3 is 20.0 Å². The topological polar surface area (TPSA) is 55.9 Å². The summed E-state index contributed by atoms with van der Waals surface area (Å²) in [5, 5.41) is 3.07. The molecule has 0 spiro atoms. The first kappa shape index (κ1) is 20.8. The molecule has 28 heavy (non-hydrogen) atoms. The molecule has 0 bridgehead atoms. The molecule has 154 valence electrons. The van der Waals surface area contributed by atoms with Gasteiger partial charge in [-0.25, -0.2) is 0 Å². The van der Waals surface area contributed by atoms with E-state index in [4.69, 9.17) is 0 Å². The zero-order chi connectivity index (χ0) is 19.9. The van der Waals surface area contributed by atoms with Crippen LogP contribution in [0.1, 0.15) is 31.2 Å². The lowest BCUT2D eigenvalue weighted by molar-refractivity contribution is -0.138. The van der Waals surface area contributed by atoms with Crippen LogP contribution < -0.4 is 5.32 Å². The predicted octanol–water partition coefficient (Wildman–Crippen LogP) is 1.36. The second-order valence-electron chi connectivity index (χ2n) is 8.23. The van der Waals surface area contributed by atoms with E-state index >= 15 is 0 Å². The summed E-state index contributed by atoms with van der Waals surface area (Å²) in [5.74, 6) is 0.0525. The third kappa shape index (κ3) is 5.55. The molecular weight excluding hydrogens is 352 g/mol. The van der Waals surface area contributed by atoms with E-state index in [1.54, 1.807) is 4.90 Å². The molecule has 1 aromatic rings. The summed E-state index contributed by atoms with van der Waals surface area (Å²) in [6.07, 6.45) is 4.40. The summed E-state index contributed by atoms with van der Waals surface area (Å²) >= 11 is 0. The van der Waals surface area contributed by atoms with Crippen molar-refractivity contribution < 1.29 is 9.59 Å². The van der Waals surface area contributed by atoms with Gasteiger partial charge >= 0.3 is 0 Å². The molecule has 2 heterocycles. The Morgan fingerprint density at radius 1 is 1.07 bits per heavy atom. The fourth-order valence-electron chi connectivity index (χ4n) is 4.32. The Morgan fingerprint density at radius 3 is 2.46 bits per heavy atom. The normalized spacial score (nSPS) is 21.2. The number of nitrogens with zero attached hydrogens (tertiary/aromatic N) is 3. The fraction of sp³-hybridized carbons (Fsp3) is 0.636. The molecule has 0 radical (unpaired) electrons. The molecule has 2 aliphatic rings. The highest BCUT2D eigenvalue weighted by molar-refractivity contribution is 5.89. The molecule has 2 saturated heterocycles. The van der Waals surface area contributed by atoms with Crippen molar-refractivity contribution in [1.82, 2.24) is 20.0 Å². The van der Waals surface area contributed by atoms with Gasteiger partial charge in [0.2, 0.25) is 11.8 Å². The van der Waals surface area contributed by atoms with Crippen LogP contribution in [0, 0.1) is 0 Å². The first-order valence-corrected chi connectivity index (χ1v) is 10.5. The SMILES string of the molecule is CN(C)C1CCN(CCNC(=O)C2CCCN2C(=O)Cc2ccccc2)CC1. The zero-order valence-corrected chi connectivity index (χ0v) is 17.3. The minimum absolute atomic E-state index is 0.00193. The van der Waals surface area contributed by atoms with Gasteiger partial charge in [-0.3, -0.25) is 9.59 Å². The van der Waals surface area contributed by atoms with Gasteiger partial charge in [-0.05, 0) is 58.4 Å². The Morgan fingerprint density at radius 2 is 1.79 bits per heavy atom. The van der Waals surface area contributed by atoms with Crippen molar-refractivity contribution in [2.75, 3.05) is 46.8 Å². The van der Waals surface area contributed by atoms with E-state index in [0.29, 0.717) is 25.6 Å². The number of likely N-dealkylation sites (tertiary alicyclic amines) is 2. The van der Waals surface area contributed by atoms with Crippen molar-refractivity contribution in [1.29, 1.82) is 0 Å². The minimum atomic E-state index is -0.310. The molecule has 3 rings (SSSR count). The summed E-state index contributed by atoms with van der Waals surface area (Å²) in [6, 6.07) is 10.1. The van der Waals surface area contributed by atoms with Crippen LogP contribution in [-0.2, 0) is 16.0 Å². The summed E-state index contributed by atoms with van der Waals surface area (Å²) in [5.41, 5.74) is 1.000. The van der Waals surface area contributed by atoms with Crippen molar-refractivity contribution in [3.8, 4) is 0 Å². The Balaban J connectivity index is 1.41. The lowest BCUT2D eigenvalue weighted by atomic mass is 10.0. The molecule has 0 aromatic heterocycles. The number of piperidine rings is 1. The predicted molar refractivity (Wildman–Crippen MR) is 111 cm³/mol. The van der Waals surface area contributed by atoms with Gasteiger partial charge in [0.1, 0.15) is 6.04 Å². The smallest absolute Gasteiger partial charge is 0.242 e. The van der Waals surface area contributed by atoms with Crippen LogP contribution in [0.25, 0.3) is 0 Å². The largest absolute Gasteiger partial charge is 0.353 e. The second-order valence-corrected chi connectivity index (χ2v) is 8.23. The average molecular weight is 387 g/mol. The Hall–Kier alpha value is -1.92. The van der Waals surface area contributed by atoms with E-state index in [2.05, 4.69) is 29.2 Å². The highest BCUT2D eigenvalue weighted by Crippen LogP contribution is 2.19. The van der Waals surface area contributed by atoms with Crippen molar-refractivity contribution in [3.05, 3.63) is 35.9 Å². The Bertz CT molecular complexity index is 641. The number of benzene rings is 1. The molecule has 1 aromatic carbocycles. The van der Waals surface area contributed by atoms with E-state index in [1.807, 2.05) is 30.3 Å². The van der Waals surface area contributed by atoms with Gasteiger partial charge in [-0.1, -0.05) is 30.3 Å².